The molecular formula is C16H22O3. The van der Waals surface area contributed by atoms with Crippen molar-refractivity contribution in [3.05, 3.63) is 35.4 Å². The lowest BCUT2D eigenvalue weighted by Gasteiger charge is -2.18. The third-order valence-corrected chi connectivity index (χ3v) is 3.31. The van der Waals surface area contributed by atoms with Crippen LogP contribution in [0.15, 0.2) is 29.8 Å². The molecule has 0 radical (unpaired) electrons. The average Bonchev–Trinajstić information content (AvgIpc) is 2.45. The van der Waals surface area contributed by atoms with Gasteiger partial charge in [-0.3, -0.25) is 4.79 Å². The molecule has 104 valence electrons. The molecular weight excluding hydrogens is 240 g/mol. The zero-order chi connectivity index (χ0) is 14.4. The van der Waals surface area contributed by atoms with Crippen molar-refractivity contribution in [3.8, 4) is 5.75 Å². The van der Waals surface area contributed by atoms with Crippen LogP contribution in [0.2, 0.25) is 0 Å². The minimum absolute atomic E-state index is 0.0787. The Bertz CT molecular complexity index is 446. The maximum atomic E-state index is 11.6. The number of rotatable bonds is 6. The minimum Gasteiger partial charge on any atom is -0.497 e. The van der Waals surface area contributed by atoms with Crippen molar-refractivity contribution in [3.63, 3.8) is 0 Å². The topological polar surface area (TPSA) is 46.5 Å². The fourth-order valence-electron chi connectivity index (χ4n) is 1.94. The second kappa shape index (κ2) is 7.10. The van der Waals surface area contributed by atoms with Gasteiger partial charge < -0.3 is 9.84 Å². The van der Waals surface area contributed by atoms with Crippen molar-refractivity contribution < 1.29 is 14.6 Å². The molecule has 0 aromatic heterocycles. The number of benzene rings is 1. The van der Waals surface area contributed by atoms with Crippen LogP contribution >= 0.6 is 0 Å². The first-order valence-electron chi connectivity index (χ1n) is 6.52. The lowest BCUT2D eigenvalue weighted by Crippen LogP contribution is -2.26. The standard InChI is InChI=1S/C16H22O3/c1-5-15(17)12(3)16(18)11(2)10-13-6-8-14(19-4)9-7-13/h6-10,12,16,18H,5H2,1-4H3/b11-10+/t12-,16+/m0/s1. The average molecular weight is 262 g/mol. The highest BCUT2D eigenvalue weighted by Crippen LogP contribution is 2.19. The molecule has 0 saturated heterocycles. The van der Waals surface area contributed by atoms with Crippen LogP contribution in [-0.4, -0.2) is 24.1 Å². The van der Waals surface area contributed by atoms with Crippen molar-refractivity contribution in [1.82, 2.24) is 0 Å². The number of aliphatic hydroxyl groups is 1. The Balaban J connectivity index is 2.82. The number of carbonyl (C=O) groups is 1. The zero-order valence-corrected chi connectivity index (χ0v) is 12.0. The van der Waals surface area contributed by atoms with Crippen molar-refractivity contribution in [2.75, 3.05) is 7.11 Å². The third-order valence-electron chi connectivity index (χ3n) is 3.31. The summed E-state index contributed by atoms with van der Waals surface area (Å²) in [5.74, 6) is 0.513. The molecule has 0 aliphatic rings. The molecule has 1 aromatic carbocycles. The van der Waals surface area contributed by atoms with Gasteiger partial charge in [0.1, 0.15) is 11.5 Å². The summed E-state index contributed by atoms with van der Waals surface area (Å²) >= 11 is 0. The van der Waals surface area contributed by atoms with Crippen LogP contribution in [0.5, 0.6) is 5.75 Å². The van der Waals surface area contributed by atoms with E-state index in [0.717, 1.165) is 16.9 Å². The summed E-state index contributed by atoms with van der Waals surface area (Å²) < 4.78 is 5.09. The number of aliphatic hydroxyl groups excluding tert-OH is 1. The highest BCUT2D eigenvalue weighted by atomic mass is 16.5. The molecule has 0 spiro atoms. The van der Waals surface area contributed by atoms with Crippen LogP contribution in [0.4, 0.5) is 0 Å². The summed E-state index contributed by atoms with van der Waals surface area (Å²) in [5.41, 5.74) is 1.77. The van der Waals surface area contributed by atoms with E-state index in [2.05, 4.69) is 0 Å². The molecule has 0 amide bonds. The molecule has 0 saturated carbocycles. The Hall–Kier alpha value is -1.61. The maximum Gasteiger partial charge on any atom is 0.138 e. The molecule has 0 fully saturated rings. The molecule has 1 aromatic rings. The highest BCUT2D eigenvalue weighted by Gasteiger charge is 2.21. The fraction of sp³-hybridized carbons (Fsp3) is 0.438. The smallest absolute Gasteiger partial charge is 0.138 e. The molecule has 3 nitrogen and oxygen atoms in total. The first-order chi connectivity index (χ1) is 8.99. The maximum absolute atomic E-state index is 11.6. The molecule has 0 bridgehead atoms. The summed E-state index contributed by atoms with van der Waals surface area (Å²) in [6.45, 7) is 5.42. The van der Waals surface area contributed by atoms with Crippen LogP contribution in [0.25, 0.3) is 6.08 Å². The monoisotopic (exact) mass is 262 g/mol. The molecule has 0 aliphatic carbocycles. The fourth-order valence-corrected chi connectivity index (χ4v) is 1.94. The van der Waals surface area contributed by atoms with Crippen LogP contribution in [0.3, 0.4) is 0 Å². The van der Waals surface area contributed by atoms with Gasteiger partial charge in [-0.1, -0.05) is 32.1 Å². The predicted octanol–water partition coefficient (Wildman–Crippen LogP) is 3.07. The van der Waals surface area contributed by atoms with Gasteiger partial charge in [0.25, 0.3) is 0 Å². The van der Waals surface area contributed by atoms with Gasteiger partial charge in [-0.2, -0.15) is 0 Å². The van der Waals surface area contributed by atoms with E-state index in [0.29, 0.717) is 6.42 Å². The molecule has 1 rings (SSSR count). The SMILES string of the molecule is CCC(=O)[C@H](C)[C@H](O)/C(C)=C/c1ccc(OC)cc1. The highest BCUT2D eigenvalue weighted by molar-refractivity contribution is 5.81. The van der Waals surface area contributed by atoms with Gasteiger partial charge in [0, 0.05) is 12.3 Å². The number of carbonyl (C=O) groups excluding carboxylic acids is 1. The Kier molecular flexibility index (Phi) is 5.77. The minimum atomic E-state index is -0.727. The van der Waals surface area contributed by atoms with Gasteiger partial charge in [-0.25, -0.2) is 0 Å². The first kappa shape index (κ1) is 15.4. The number of hydrogen-bond acceptors (Lipinski definition) is 3. The summed E-state index contributed by atoms with van der Waals surface area (Å²) in [6, 6.07) is 7.57. The van der Waals surface area contributed by atoms with Crippen LogP contribution < -0.4 is 4.74 Å². The zero-order valence-electron chi connectivity index (χ0n) is 12.0. The van der Waals surface area contributed by atoms with Crippen molar-refractivity contribution >= 4 is 11.9 Å². The van der Waals surface area contributed by atoms with E-state index < -0.39 is 6.10 Å². The van der Waals surface area contributed by atoms with E-state index in [9.17, 15) is 9.90 Å². The molecule has 19 heavy (non-hydrogen) atoms. The largest absolute Gasteiger partial charge is 0.497 e. The van der Waals surface area contributed by atoms with Gasteiger partial charge in [-0.15, -0.1) is 0 Å². The molecule has 0 unspecified atom stereocenters. The Morgan fingerprint density at radius 2 is 1.95 bits per heavy atom. The van der Waals surface area contributed by atoms with E-state index in [-0.39, 0.29) is 11.7 Å². The molecule has 0 aliphatic heterocycles. The van der Waals surface area contributed by atoms with E-state index in [1.54, 1.807) is 14.0 Å². The second-order valence-corrected chi connectivity index (χ2v) is 4.71. The van der Waals surface area contributed by atoms with Gasteiger partial charge in [0.2, 0.25) is 0 Å². The number of Topliss-reactive ketones (excluding diaryl/α,β-unsaturated/α-hetero) is 1. The number of ether oxygens (including phenoxy) is 1. The van der Waals surface area contributed by atoms with Crippen molar-refractivity contribution in [2.24, 2.45) is 5.92 Å². The van der Waals surface area contributed by atoms with Crippen LogP contribution in [-0.2, 0) is 4.79 Å². The van der Waals surface area contributed by atoms with E-state index >= 15 is 0 Å². The summed E-state index contributed by atoms with van der Waals surface area (Å²) in [5, 5.41) is 10.1. The van der Waals surface area contributed by atoms with Gasteiger partial charge in [-0.05, 0) is 30.2 Å². The van der Waals surface area contributed by atoms with Crippen LogP contribution in [0.1, 0.15) is 32.8 Å². The van der Waals surface area contributed by atoms with E-state index in [1.807, 2.05) is 44.2 Å². The Morgan fingerprint density at radius 1 is 1.37 bits per heavy atom. The molecule has 3 heteroatoms. The summed E-state index contributed by atoms with van der Waals surface area (Å²) in [6.07, 6.45) is 1.62. The lowest BCUT2D eigenvalue weighted by molar-refractivity contribution is -0.124. The van der Waals surface area contributed by atoms with Crippen LogP contribution in [0, 0.1) is 5.92 Å². The summed E-state index contributed by atoms with van der Waals surface area (Å²) in [7, 11) is 1.62. The third kappa shape index (κ3) is 4.21. The quantitative estimate of drug-likeness (QED) is 0.857. The van der Waals surface area contributed by atoms with Gasteiger partial charge in [0.15, 0.2) is 0 Å². The van der Waals surface area contributed by atoms with E-state index in [1.165, 1.54) is 0 Å². The number of hydrogen-bond donors (Lipinski definition) is 1. The molecule has 0 heterocycles. The first-order valence-corrected chi connectivity index (χ1v) is 6.52. The van der Waals surface area contributed by atoms with Crippen molar-refractivity contribution in [2.45, 2.75) is 33.3 Å². The molecule has 1 N–H and O–H groups in total. The van der Waals surface area contributed by atoms with E-state index in [4.69, 9.17) is 4.74 Å². The Morgan fingerprint density at radius 3 is 2.42 bits per heavy atom. The number of methoxy groups -OCH3 is 1. The van der Waals surface area contributed by atoms with Gasteiger partial charge in [0.05, 0.1) is 13.2 Å². The Labute approximate surface area is 114 Å². The second-order valence-electron chi connectivity index (χ2n) is 4.71. The van der Waals surface area contributed by atoms with Crippen molar-refractivity contribution in [1.29, 1.82) is 0 Å². The summed E-state index contributed by atoms with van der Waals surface area (Å²) in [4.78, 5) is 11.6. The number of ketones is 1. The lowest BCUT2D eigenvalue weighted by atomic mass is 9.92. The van der Waals surface area contributed by atoms with Gasteiger partial charge >= 0.3 is 0 Å². The normalized spacial score (nSPS) is 14.9. The molecule has 2 atom stereocenters. The predicted molar refractivity (Wildman–Crippen MR) is 77.1 cm³/mol.